The summed E-state index contributed by atoms with van der Waals surface area (Å²) in [7, 11) is 1.69. The number of benzene rings is 1. The van der Waals surface area contributed by atoms with Gasteiger partial charge in [-0.05, 0) is 57.2 Å². The molecule has 1 saturated carbocycles. The third-order valence-electron chi connectivity index (χ3n) is 5.52. The van der Waals surface area contributed by atoms with Gasteiger partial charge in [-0.15, -0.1) is 0 Å². The van der Waals surface area contributed by atoms with E-state index in [0.29, 0.717) is 19.2 Å². The summed E-state index contributed by atoms with van der Waals surface area (Å²) in [5.41, 5.74) is 1.09. The lowest BCUT2D eigenvalue weighted by atomic mass is 9.84. The van der Waals surface area contributed by atoms with Crippen LogP contribution < -0.4 is 15.4 Å². The van der Waals surface area contributed by atoms with Crippen LogP contribution in [-0.2, 0) is 14.9 Å². The van der Waals surface area contributed by atoms with E-state index in [9.17, 15) is 4.79 Å². The average molecular weight is 404 g/mol. The Morgan fingerprint density at radius 1 is 1.21 bits per heavy atom. The molecule has 0 saturated heterocycles. The van der Waals surface area contributed by atoms with Crippen LogP contribution in [0.2, 0.25) is 0 Å². The molecule has 6 heteroatoms. The molecule has 1 aromatic rings. The van der Waals surface area contributed by atoms with Crippen LogP contribution in [-0.4, -0.2) is 44.8 Å². The van der Waals surface area contributed by atoms with Crippen molar-refractivity contribution in [2.24, 2.45) is 10.9 Å². The molecule has 0 spiro atoms. The van der Waals surface area contributed by atoms with Crippen molar-refractivity contribution >= 4 is 11.9 Å². The van der Waals surface area contributed by atoms with E-state index in [0.717, 1.165) is 43.9 Å². The number of guanidine groups is 1. The van der Waals surface area contributed by atoms with Crippen molar-refractivity contribution in [2.75, 3.05) is 26.8 Å². The van der Waals surface area contributed by atoms with Gasteiger partial charge in [0.25, 0.3) is 0 Å². The van der Waals surface area contributed by atoms with Crippen LogP contribution in [0, 0.1) is 5.92 Å². The van der Waals surface area contributed by atoms with Crippen LogP contribution in [0.3, 0.4) is 0 Å². The molecule has 1 aliphatic rings. The Balaban J connectivity index is 1.96. The number of esters is 1. The van der Waals surface area contributed by atoms with Gasteiger partial charge < -0.3 is 20.1 Å². The van der Waals surface area contributed by atoms with E-state index >= 15 is 0 Å². The maximum atomic E-state index is 11.9. The Labute approximate surface area is 175 Å². The second kappa shape index (κ2) is 11.1. The molecule has 1 aromatic carbocycles. The number of nitrogens with zero attached hydrogens (tertiary/aromatic N) is 1. The number of carbonyl (C=O) groups is 1. The zero-order valence-electron chi connectivity index (χ0n) is 18.6. The summed E-state index contributed by atoms with van der Waals surface area (Å²) in [6.07, 6.45) is 3.64. The Morgan fingerprint density at radius 3 is 2.55 bits per heavy atom. The number of carbonyl (C=O) groups excluding carboxylic acids is 1. The average Bonchev–Trinajstić information content (AvgIpc) is 2.73. The summed E-state index contributed by atoms with van der Waals surface area (Å²) < 4.78 is 10.5. The van der Waals surface area contributed by atoms with Crippen LogP contribution in [0.4, 0.5) is 0 Å². The maximum Gasteiger partial charge on any atom is 0.308 e. The second-order valence-electron chi connectivity index (χ2n) is 8.26. The normalized spacial score (nSPS) is 20.1. The Morgan fingerprint density at radius 2 is 1.93 bits per heavy atom. The second-order valence-corrected chi connectivity index (χ2v) is 8.26. The van der Waals surface area contributed by atoms with Crippen molar-refractivity contribution in [3.05, 3.63) is 29.8 Å². The van der Waals surface area contributed by atoms with Gasteiger partial charge in [0, 0.05) is 18.0 Å². The molecule has 2 N–H and O–H groups in total. The summed E-state index contributed by atoms with van der Waals surface area (Å²) in [6.45, 7) is 10.2. The SMILES string of the molecule is CCNC(=NCC(C)(C)c1cccc(OC)c1)NC1CCC(C(=O)OCC)CC1. The summed E-state index contributed by atoms with van der Waals surface area (Å²) in [5.74, 6) is 1.69. The first-order chi connectivity index (χ1) is 13.9. The van der Waals surface area contributed by atoms with E-state index in [1.54, 1.807) is 7.11 Å². The predicted octanol–water partition coefficient (Wildman–Crippen LogP) is 3.65. The van der Waals surface area contributed by atoms with Crippen molar-refractivity contribution in [3.63, 3.8) is 0 Å². The van der Waals surface area contributed by atoms with E-state index in [1.807, 2.05) is 19.1 Å². The first-order valence-corrected chi connectivity index (χ1v) is 10.8. The van der Waals surface area contributed by atoms with Crippen molar-refractivity contribution < 1.29 is 14.3 Å². The highest BCUT2D eigenvalue weighted by Gasteiger charge is 2.28. The van der Waals surface area contributed by atoms with Gasteiger partial charge in [0.1, 0.15) is 5.75 Å². The molecule has 1 aliphatic carbocycles. The molecular formula is C23H37N3O3. The summed E-state index contributed by atoms with van der Waals surface area (Å²) in [6, 6.07) is 8.51. The number of nitrogens with one attached hydrogen (secondary N) is 2. The number of hydrogen-bond acceptors (Lipinski definition) is 4. The molecule has 162 valence electrons. The fraction of sp³-hybridized carbons (Fsp3) is 0.652. The number of aliphatic imine (C=N–C) groups is 1. The molecule has 0 amide bonds. The van der Waals surface area contributed by atoms with Crippen LogP contribution in [0.1, 0.15) is 58.9 Å². The van der Waals surface area contributed by atoms with Crippen LogP contribution in [0.25, 0.3) is 0 Å². The summed E-state index contributed by atoms with van der Waals surface area (Å²) >= 11 is 0. The highest BCUT2D eigenvalue weighted by molar-refractivity contribution is 5.80. The molecule has 0 bridgehead atoms. The molecule has 0 aromatic heterocycles. The molecule has 2 rings (SSSR count). The minimum atomic E-state index is -0.113. The van der Waals surface area contributed by atoms with Crippen molar-refractivity contribution in [1.82, 2.24) is 10.6 Å². The largest absolute Gasteiger partial charge is 0.497 e. The van der Waals surface area contributed by atoms with Gasteiger partial charge in [-0.25, -0.2) is 0 Å². The summed E-state index contributed by atoms with van der Waals surface area (Å²) in [4.78, 5) is 16.8. The highest BCUT2D eigenvalue weighted by atomic mass is 16.5. The van der Waals surface area contributed by atoms with Crippen molar-refractivity contribution in [3.8, 4) is 5.75 Å². The third kappa shape index (κ3) is 6.94. The molecule has 0 heterocycles. The van der Waals surface area contributed by atoms with E-state index in [1.165, 1.54) is 5.56 Å². The number of methoxy groups -OCH3 is 1. The predicted molar refractivity (Wildman–Crippen MR) is 118 cm³/mol. The Hall–Kier alpha value is -2.24. The van der Waals surface area contributed by atoms with E-state index in [-0.39, 0.29) is 17.3 Å². The van der Waals surface area contributed by atoms with Crippen LogP contribution in [0.15, 0.2) is 29.3 Å². The van der Waals surface area contributed by atoms with Gasteiger partial charge in [-0.3, -0.25) is 9.79 Å². The molecule has 0 unspecified atom stereocenters. The number of ether oxygens (including phenoxy) is 2. The molecular weight excluding hydrogens is 366 g/mol. The molecule has 29 heavy (non-hydrogen) atoms. The quantitative estimate of drug-likeness (QED) is 0.394. The molecule has 6 nitrogen and oxygen atoms in total. The zero-order chi connectivity index (χ0) is 21.3. The lowest BCUT2D eigenvalue weighted by Gasteiger charge is -2.30. The fourth-order valence-corrected chi connectivity index (χ4v) is 3.66. The molecule has 0 atom stereocenters. The minimum Gasteiger partial charge on any atom is -0.497 e. The van der Waals surface area contributed by atoms with Gasteiger partial charge in [0.2, 0.25) is 0 Å². The first-order valence-electron chi connectivity index (χ1n) is 10.8. The van der Waals surface area contributed by atoms with Gasteiger partial charge >= 0.3 is 5.97 Å². The Kier molecular flexibility index (Phi) is 8.80. The van der Waals surface area contributed by atoms with Crippen LogP contribution >= 0.6 is 0 Å². The standard InChI is InChI=1S/C23H37N3O3/c1-6-24-22(26-19-13-11-17(12-14-19)21(27)29-7-2)25-16-23(3,4)18-9-8-10-20(15-18)28-5/h8-10,15,17,19H,6-7,11-14,16H2,1-5H3,(H2,24,25,26). The highest BCUT2D eigenvalue weighted by Crippen LogP contribution is 2.27. The lowest BCUT2D eigenvalue weighted by molar-refractivity contribution is -0.149. The summed E-state index contributed by atoms with van der Waals surface area (Å²) in [5, 5.41) is 6.91. The minimum absolute atomic E-state index is 0.0412. The number of hydrogen-bond donors (Lipinski definition) is 2. The van der Waals surface area contributed by atoms with Gasteiger partial charge in [-0.2, -0.15) is 0 Å². The van der Waals surface area contributed by atoms with E-state index < -0.39 is 0 Å². The monoisotopic (exact) mass is 403 g/mol. The Bertz CT molecular complexity index is 680. The molecule has 0 aliphatic heterocycles. The lowest BCUT2D eigenvalue weighted by Crippen LogP contribution is -2.46. The first kappa shape index (κ1) is 23.0. The maximum absolute atomic E-state index is 11.9. The van der Waals surface area contributed by atoms with Gasteiger partial charge in [-0.1, -0.05) is 26.0 Å². The number of rotatable bonds is 8. The molecule has 1 fully saturated rings. The third-order valence-corrected chi connectivity index (χ3v) is 5.52. The van der Waals surface area contributed by atoms with Crippen molar-refractivity contribution in [2.45, 2.75) is 64.8 Å². The zero-order valence-corrected chi connectivity index (χ0v) is 18.6. The van der Waals surface area contributed by atoms with Gasteiger partial charge in [0.05, 0.1) is 26.2 Å². The van der Waals surface area contributed by atoms with Crippen LogP contribution in [0.5, 0.6) is 5.75 Å². The van der Waals surface area contributed by atoms with E-state index in [4.69, 9.17) is 14.5 Å². The van der Waals surface area contributed by atoms with Crippen molar-refractivity contribution in [1.29, 1.82) is 0 Å². The fourth-order valence-electron chi connectivity index (χ4n) is 3.66. The van der Waals surface area contributed by atoms with E-state index in [2.05, 4.69) is 43.5 Å². The van der Waals surface area contributed by atoms with Gasteiger partial charge in [0.15, 0.2) is 5.96 Å². The topological polar surface area (TPSA) is 72.0 Å². The molecule has 0 radical (unpaired) electrons. The smallest absolute Gasteiger partial charge is 0.308 e.